The molecule has 0 radical (unpaired) electrons. The minimum Gasteiger partial charge on any atom is -0.397 e. The lowest BCUT2D eigenvalue weighted by Gasteiger charge is -2.15. The average molecular weight is 227 g/mol. The zero-order valence-corrected chi connectivity index (χ0v) is 10.1. The van der Waals surface area contributed by atoms with Crippen LogP contribution in [0, 0.1) is 6.92 Å². The number of rotatable bonds is 3. The van der Waals surface area contributed by atoms with E-state index in [1.165, 1.54) is 11.1 Å². The lowest BCUT2D eigenvalue weighted by Crippen LogP contribution is -2.07. The Morgan fingerprint density at radius 1 is 1.12 bits per heavy atom. The summed E-state index contributed by atoms with van der Waals surface area (Å²) in [6.45, 7) is 4.20. The quantitative estimate of drug-likeness (QED) is 0.847. The van der Waals surface area contributed by atoms with Crippen molar-refractivity contribution in [2.45, 2.75) is 19.9 Å². The summed E-state index contributed by atoms with van der Waals surface area (Å²) in [6, 6.07) is 12.5. The van der Waals surface area contributed by atoms with Crippen LogP contribution in [0.4, 0.5) is 11.5 Å². The summed E-state index contributed by atoms with van der Waals surface area (Å²) in [5.41, 5.74) is 8.79. The fraction of sp³-hybridized carbons (Fsp3) is 0.214. The zero-order valence-electron chi connectivity index (χ0n) is 10.1. The summed E-state index contributed by atoms with van der Waals surface area (Å²) < 4.78 is 0. The van der Waals surface area contributed by atoms with Gasteiger partial charge in [0.15, 0.2) is 0 Å². The number of hydrogen-bond donors (Lipinski definition) is 2. The molecule has 0 saturated heterocycles. The molecule has 88 valence electrons. The molecule has 0 saturated carbocycles. The molecular weight excluding hydrogens is 210 g/mol. The van der Waals surface area contributed by atoms with Gasteiger partial charge in [-0.05, 0) is 31.5 Å². The van der Waals surface area contributed by atoms with E-state index in [1.807, 2.05) is 12.1 Å². The molecule has 0 aliphatic heterocycles. The summed E-state index contributed by atoms with van der Waals surface area (Å²) in [5.74, 6) is 0.840. The molecule has 0 aliphatic carbocycles. The number of nitrogens with two attached hydrogens (primary N) is 1. The molecule has 3 heteroatoms. The summed E-state index contributed by atoms with van der Waals surface area (Å²) >= 11 is 0. The number of benzene rings is 1. The predicted molar refractivity (Wildman–Crippen MR) is 71.9 cm³/mol. The number of aromatic nitrogens is 1. The molecule has 1 unspecified atom stereocenters. The van der Waals surface area contributed by atoms with Crippen molar-refractivity contribution in [2.24, 2.45) is 0 Å². The van der Waals surface area contributed by atoms with Gasteiger partial charge in [0.1, 0.15) is 5.82 Å². The fourth-order valence-corrected chi connectivity index (χ4v) is 1.65. The zero-order chi connectivity index (χ0) is 12.3. The standard InChI is InChI=1S/C14H17N3/c1-10-3-5-12(6-4-10)11(2)17-14-8-7-13(15)9-16-14/h3-9,11H,15H2,1-2H3,(H,16,17). The molecule has 3 nitrogen and oxygen atoms in total. The minimum atomic E-state index is 0.228. The van der Waals surface area contributed by atoms with Gasteiger partial charge in [-0.3, -0.25) is 0 Å². The number of nitrogens with one attached hydrogen (secondary N) is 1. The maximum absolute atomic E-state index is 5.59. The number of aryl methyl sites for hydroxylation is 1. The number of anilines is 2. The highest BCUT2D eigenvalue weighted by molar-refractivity contribution is 5.45. The van der Waals surface area contributed by atoms with E-state index in [-0.39, 0.29) is 6.04 Å². The Kier molecular flexibility index (Phi) is 3.28. The van der Waals surface area contributed by atoms with Gasteiger partial charge in [0, 0.05) is 6.04 Å². The first-order valence-corrected chi connectivity index (χ1v) is 5.70. The second kappa shape index (κ2) is 4.87. The maximum Gasteiger partial charge on any atom is 0.126 e. The van der Waals surface area contributed by atoms with E-state index in [1.54, 1.807) is 6.20 Å². The van der Waals surface area contributed by atoms with Crippen LogP contribution in [0.15, 0.2) is 42.6 Å². The van der Waals surface area contributed by atoms with Crippen molar-refractivity contribution in [3.8, 4) is 0 Å². The van der Waals surface area contributed by atoms with E-state index < -0.39 is 0 Å². The lowest BCUT2D eigenvalue weighted by molar-refractivity contribution is 0.874. The van der Waals surface area contributed by atoms with Crippen LogP contribution in [-0.2, 0) is 0 Å². The molecule has 1 aromatic heterocycles. The molecule has 0 aliphatic rings. The van der Waals surface area contributed by atoms with Crippen LogP contribution >= 0.6 is 0 Å². The van der Waals surface area contributed by atoms with Crippen molar-refractivity contribution < 1.29 is 0 Å². The molecule has 2 aromatic rings. The van der Waals surface area contributed by atoms with E-state index >= 15 is 0 Å². The van der Waals surface area contributed by atoms with E-state index in [9.17, 15) is 0 Å². The molecule has 0 bridgehead atoms. The van der Waals surface area contributed by atoms with Crippen LogP contribution in [-0.4, -0.2) is 4.98 Å². The highest BCUT2D eigenvalue weighted by Crippen LogP contribution is 2.18. The van der Waals surface area contributed by atoms with Gasteiger partial charge in [-0.1, -0.05) is 29.8 Å². The van der Waals surface area contributed by atoms with Crippen molar-refractivity contribution in [1.82, 2.24) is 4.98 Å². The van der Waals surface area contributed by atoms with E-state index in [0.29, 0.717) is 5.69 Å². The third-order valence-electron chi connectivity index (χ3n) is 2.73. The highest BCUT2D eigenvalue weighted by Gasteiger charge is 2.05. The topological polar surface area (TPSA) is 50.9 Å². The van der Waals surface area contributed by atoms with Crippen molar-refractivity contribution in [1.29, 1.82) is 0 Å². The van der Waals surface area contributed by atoms with Crippen LogP contribution in [0.1, 0.15) is 24.1 Å². The van der Waals surface area contributed by atoms with Gasteiger partial charge in [-0.2, -0.15) is 0 Å². The SMILES string of the molecule is Cc1ccc(C(C)Nc2ccc(N)cn2)cc1. The van der Waals surface area contributed by atoms with Crippen LogP contribution in [0.2, 0.25) is 0 Å². The minimum absolute atomic E-state index is 0.228. The van der Waals surface area contributed by atoms with Gasteiger partial charge in [-0.15, -0.1) is 0 Å². The van der Waals surface area contributed by atoms with Gasteiger partial charge in [0.2, 0.25) is 0 Å². The monoisotopic (exact) mass is 227 g/mol. The normalized spacial score (nSPS) is 12.1. The number of nitrogens with zero attached hydrogens (tertiary/aromatic N) is 1. The highest BCUT2D eigenvalue weighted by atomic mass is 15.0. The van der Waals surface area contributed by atoms with Crippen molar-refractivity contribution in [3.05, 3.63) is 53.7 Å². The molecule has 2 rings (SSSR count). The van der Waals surface area contributed by atoms with E-state index in [4.69, 9.17) is 5.73 Å². The molecule has 0 amide bonds. The second-order valence-corrected chi connectivity index (χ2v) is 4.25. The summed E-state index contributed by atoms with van der Waals surface area (Å²) in [4.78, 5) is 4.23. The van der Waals surface area contributed by atoms with Gasteiger partial charge in [-0.25, -0.2) is 4.98 Å². The number of nitrogen functional groups attached to an aromatic ring is 1. The Morgan fingerprint density at radius 3 is 2.41 bits per heavy atom. The fourth-order valence-electron chi connectivity index (χ4n) is 1.65. The van der Waals surface area contributed by atoms with E-state index in [0.717, 1.165) is 5.82 Å². The van der Waals surface area contributed by atoms with Crippen molar-refractivity contribution >= 4 is 11.5 Å². The molecule has 3 N–H and O–H groups in total. The Balaban J connectivity index is 2.08. The molecule has 1 heterocycles. The lowest BCUT2D eigenvalue weighted by atomic mass is 10.1. The first-order chi connectivity index (χ1) is 8.15. The first kappa shape index (κ1) is 11.5. The Bertz CT molecular complexity index is 474. The third kappa shape index (κ3) is 2.97. The van der Waals surface area contributed by atoms with Crippen LogP contribution in [0.25, 0.3) is 0 Å². The molecule has 0 fully saturated rings. The molecule has 1 atom stereocenters. The van der Waals surface area contributed by atoms with Gasteiger partial charge in [0.25, 0.3) is 0 Å². The first-order valence-electron chi connectivity index (χ1n) is 5.70. The summed E-state index contributed by atoms with van der Waals surface area (Å²) in [5, 5.41) is 3.34. The smallest absolute Gasteiger partial charge is 0.126 e. The maximum atomic E-state index is 5.59. The van der Waals surface area contributed by atoms with Crippen LogP contribution < -0.4 is 11.1 Å². The summed E-state index contributed by atoms with van der Waals surface area (Å²) in [7, 11) is 0. The van der Waals surface area contributed by atoms with Gasteiger partial charge >= 0.3 is 0 Å². The Hall–Kier alpha value is -2.03. The second-order valence-electron chi connectivity index (χ2n) is 4.25. The summed E-state index contributed by atoms with van der Waals surface area (Å²) in [6.07, 6.45) is 1.66. The average Bonchev–Trinajstić information content (AvgIpc) is 2.33. The van der Waals surface area contributed by atoms with E-state index in [2.05, 4.69) is 48.4 Å². The third-order valence-corrected chi connectivity index (χ3v) is 2.73. The number of hydrogen-bond acceptors (Lipinski definition) is 3. The van der Waals surface area contributed by atoms with Crippen molar-refractivity contribution in [3.63, 3.8) is 0 Å². The van der Waals surface area contributed by atoms with Crippen LogP contribution in [0.5, 0.6) is 0 Å². The Labute approximate surface area is 102 Å². The predicted octanol–water partition coefficient (Wildman–Crippen LogP) is 3.15. The molecule has 0 spiro atoms. The molecular formula is C14H17N3. The Morgan fingerprint density at radius 2 is 1.82 bits per heavy atom. The van der Waals surface area contributed by atoms with Gasteiger partial charge in [0.05, 0.1) is 11.9 Å². The molecule has 1 aromatic carbocycles. The number of pyridine rings is 1. The van der Waals surface area contributed by atoms with Crippen molar-refractivity contribution in [2.75, 3.05) is 11.1 Å². The largest absolute Gasteiger partial charge is 0.397 e. The van der Waals surface area contributed by atoms with Crippen LogP contribution in [0.3, 0.4) is 0 Å². The van der Waals surface area contributed by atoms with Gasteiger partial charge < -0.3 is 11.1 Å². The molecule has 17 heavy (non-hydrogen) atoms.